The third kappa shape index (κ3) is 5.95. The molecule has 0 aliphatic heterocycles. The molecule has 1 aliphatic carbocycles. The molecule has 2 N–H and O–H groups in total. The molecule has 0 atom stereocenters. The highest BCUT2D eigenvalue weighted by Crippen LogP contribution is 2.37. The van der Waals surface area contributed by atoms with Gasteiger partial charge in [0.25, 0.3) is 0 Å². The first-order valence-corrected chi connectivity index (χ1v) is 10.2. The molecule has 1 aliphatic rings. The predicted molar refractivity (Wildman–Crippen MR) is 109 cm³/mol. The monoisotopic (exact) mass is 461 g/mol. The predicted octanol–water partition coefficient (Wildman–Crippen LogP) is 6.57. The molecule has 0 saturated heterocycles. The maximum absolute atomic E-state index is 13.3. The van der Waals surface area contributed by atoms with Crippen molar-refractivity contribution in [3.05, 3.63) is 57.1 Å². The summed E-state index contributed by atoms with van der Waals surface area (Å²) < 4.78 is 45.5. The summed E-state index contributed by atoms with van der Waals surface area (Å²) in [7, 11) is 0. The van der Waals surface area contributed by atoms with Crippen molar-refractivity contribution in [2.75, 3.05) is 5.32 Å². The molecule has 4 nitrogen and oxygen atoms in total. The summed E-state index contributed by atoms with van der Waals surface area (Å²) >= 11 is 12.4. The second kappa shape index (κ2) is 9.35. The minimum absolute atomic E-state index is 0.0755. The van der Waals surface area contributed by atoms with E-state index in [9.17, 15) is 18.0 Å². The number of aryl methyl sites for hydroxylation is 1. The highest BCUT2D eigenvalue weighted by atomic mass is 35.5. The number of carboxylic acid groups (broad SMARTS) is 1. The molecule has 9 heteroatoms. The highest BCUT2D eigenvalue weighted by molar-refractivity contribution is 6.37. The molecule has 0 aromatic heterocycles. The number of benzene rings is 2. The molecule has 30 heavy (non-hydrogen) atoms. The summed E-state index contributed by atoms with van der Waals surface area (Å²) in [6.45, 7) is -0.156. The maximum atomic E-state index is 13.3. The Bertz CT molecular complexity index is 907. The van der Waals surface area contributed by atoms with Gasteiger partial charge in [-0.15, -0.1) is 0 Å². The van der Waals surface area contributed by atoms with E-state index in [4.69, 9.17) is 33.0 Å². The van der Waals surface area contributed by atoms with Crippen LogP contribution in [0.15, 0.2) is 30.3 Å². The molecule has 0 heterocycles. The van der Waals surface area contributed by atoms with Gasteiger partial charge < -0.3 is 15.2 Å². The SMILES string of the molecule is O=C(O)CCc1cc(Cl)c(OCc2cc(NC3CCC3)cc(C(F)(F)F)c2)c(Cl)c1. The van der Waals surface area contributed by atoms with E-state index < -0.39 is 17.7 Å². The van der Waals surface area contributed by atoms with Gasteiger partial charge in [-0.3, -0.25) is 4.79 Å². The maximum Gasteiger partial charge on any atom is 0.416 e. The summed E-state index contributed by atoms with van der Waals surface area (Å²) in [6, 6.07) is 7.03. The van der Waals surface area contributed by atoms with Crippen LogP contribution >= 0.6 is 23.2 Å². The number of aliphatic carboxylic acids is 1. The normalized spacial score (nSPS) is 14.3. The summed E-state index contributed by atoms with van der Waals surface area (Å²) in [5, 5.41) is 12.2. The van der Waals surface area contributed by atoms with Crippen molar-refractivity contribution in [3.63, 3.8) is 0 Å². The van der Waals surface area contributed by atoms with Crippen LogP contribution in [0, 0.1) is 0 Å². The zero-order valence-electron chi connectivity index (χ0n) is 15.9. The van der Waals surface area contributed by atoms with Crippen LogP contribution in [0.2, 0.25) is 10.0 Å². The quantitative estimate of drug-likeness (QED) is 0.466. The summed E-state index contributed by atoms with van der Waals surface area (Å²) in [5.41, 5.74) is 0.598. The van der Waals surface area contributed by atoms with Gasteiger partial charge in [-0.25, -0.2) is 0 Å². The number of alkyl halides is 3. The number of ether oxygens (including phenoxy) is 1. The van der Waals surface area contributed by atoms with Gasteiger partial charge in [-0.05, 0) is 67.1 Å². The van der Waals surface area contributed by atoms with Gasteiger partial charge in [0.1, 0.15) is 6.61 Å². The number of anilines is 1. The average Bonchev–Trinajstić information content (AvgIpc) is 2.61. The van der Waals surface area contributed by atoms with Crippen molar-refractivity contribution < 1.29 is 27.8 Å². The second-order valence-electron chi connectivity index (χ2n) is 7.26. The number of carbonyl (C=O) groups is 1. The number of halogens is 5. The minimum atomic E-state index is -4.48. The Hall–Kier alpha value is -2.12. The van der Waals surface area contributed by atoms with Gasteiger partial charge in [0.05, 0.1) is 15.6 Å². The first-order chi connectivity index (χ1) is 14.1. The Morgan fingerprint density at radius 3 is 2.30 bits per heavy atom. The zero-order valence-corrected chi connectivity index (χ0v) is 17.4. The van der Waals surface area contributed by atoms with Crippen molar-refractivity contribution >= 4 is 34.9 Å². The molecule has 0 spiro atoms. The van der Waals surface area contributed by atoms with Gasteiger partial charge in [0.2, 0.25) is 0 Å². The molecule has 1 saturated carbocycles. The fourth-order valence-electron chi connectivity index (χ4n) is 3.11. The van der Waals surface area contributed by atoms with E-state index in [0.717, 1.165) is 31.4 Å². The number of rotatable bonds is 8. The van der Waals surface area contributed by atoms with E-state index in [1.807, 2.05) is 0 Å². The molecular weight excluding hydrogens is 442 g/mol. The van der Waals surface area contributed by atoms with Crippen molar-refractivity contribution in [1.29, 1.82) is 0 Å². The lowest BCUT2D eigenvalue weighted by atomic mass is 9.93. The van der Waals surface area contributed by atoms with E-state index in [1.165, 1.54) is 0 Å². The minimum Gasteiger partial charge on any atom is -0.486 e. The fourth-order valence-corrected chi connectivity index (χ4v) is 3.75. The van der Waals surface area contributed by atoms with E-state index in [1.54, 1.807) is 18.2 Å². The van der Waals surface area contributed by atoms with E-state index >= 15 is 0 Å². The molecule has 1 fully saturated rings. The number of nitrogens with one attached hydrogen (secondary N) is 1. The Morgan fingerprint density at radius 1 is 1.10 bits per heavy atom. The van der Waals surface area contributed by atoms with Crippen molar-refractivity contribution in [2.24, 2.45) is 0 Å². The third-order valence-corrected chi connectivity index (χ3v) is 5.43. The van der Waals surface area contributed by atoms with Crippen LogP contribution in [0.5, 0.6) is 5.75 Å². The van der Waals surface area contributed by atoms with Gasteiger partial charge in [-0.2, -0.15) is 13.2 Å². The van der Waals surface area contributed by atoms with Crippen molar-refractivity contribution in [3.8, 4) is 5.75 Å². The first kappa shape index (κ1) is 22.6. The summed E-state index contributed by atoms with van der Waals surface area (Å²) in [4.78, 5) is 10.7. The smallest absolute Gasteiger partial charge is 0.416 e. The molecule has 0 bridgehead atoms. The van der Waals surface area contributed by atoms with Crippen molar-refractivity contribution in [2.45, 2.75) is 50.9 Å². The number of hydrogen-bond acceptors (Lipinski definition) is 3. The van der Waals surface area contributed by atoms with E-state index in [0.29, 0.717) is 16.8 Å². The number of hydrogen-bond donors (Lipinski definition) is 2. The Kier molecular flexibility index (Phi) is 7.03. The second-order valence-corrected chi connectivity index (χ2v) is 8.07. The van der Waals surface area contributed by atoms with Crippen molar-refractivity contribution in [1.82, 2.24) is 0 Å². The summed E-state index contributed by atoms with van der Waals surface area (Å²) in [6.07, 6.45) is -1.38. The first-order valence-electron chi connectivity index (χ1n) is 9.42. The van der Waals surface area contributed by atoms with Gasteiger partial charge >= 0.3 is 12.1 Å². The van der Waals surface area contributed by atoms with Crippen LogP contribution in [0.3, 0.4) is 0 Å². The molecule has 0 amide bonds. The molecule has 0 unspecified atom stereocenters. The van der Waals surface area contributed by atoms with Crippen LogP contribution in [-0.2, 0) is 24.0 Å². The van der Waals surface area contributed by atoms with Crippen LogP contribution in [0.1, 0.15) is 42.4 Å². The van der Waals surface area contributed by atoms with E-state index in [2.05, 4.69) is 5.32 Å². The molecule has 2 aromatic carbocycles. The Labute approximate surface area is 181 Å². The Morgan fingerprint density at radius 2 is 1.77 bits per heavy atom. The van der Waals surface area contributed by atoms with Crippen LogP contribution < -0.4 is 10.1 Å². The van der Waals surface area contributed by atoms with Gasteiger partial charge in [0, 0.05) is 18.2 Å². The van der Waals surface area contributed by atoms with Gasteiger partial charge in [0.15, 0.2) is 5.75 Å². The van der Waals surface area contributed by atoms with Crippen LogP contribution in [-0.4, -0.2) is 17.1 Å². The van der Waals surface area contributed by atoms with Crippen LogP contribution in [0.25, 0.3) is 0 Å². The molecular formula is C21H20Cl2F3NO3. The Balaban J connectivity index is 1.77. The number of carboxylic acids is 1. The highest BCUT2D eigenvalue weighted by Gasteiger charge is 2.31. The van der Waals surface area contributed by atoms with E-state index in [-0.39, 0.29) is 41.3 Å². The molecule has 2 aromatic rings. The third-order valence-electron chi connectivity index (χ3n) is 4.86. The topological polar surface area (TPSA) is 58.6 Å². The molecule has 3 rings (SSSR count). The van der Waals surface area contributed by atoms with Gasteiger partial charge in [-0.1, -0.05) is 23.2 Å². The molecule has 162 valence electrons. The molecule has 0 radical (unpaired) electrons. The average molecular weight is 462 g/mol. The lowest BCUT2D eigenvalue weighted by molar-refractivity contribution is -0.138. The zero-order chi connectivity index (χ0) is 21.9. The lowest BCUT2D eigenvalue weighted by Gasteiger charge is -2.28. The standard InChI is InChI=1S/C21H20Cl2F3NO3/c22-17-8-12(4-5-19(28)29)9-18(23)20(17)30-11-13-6-14(21(24,25)26)10-16(7-13)27-15-2-1-3-15/h6-10,15,27H,1-5,11H2,(H,28,29). The fraction of sp³-hybridized carbons (Fsp3) is 0.381. The van der Waals surface area contributed by atoms with Crippen LogP contribution in [0.4, 0.5) is 18.9 Å². The lowest BCUT2D eigenvalue weighted by Crippen LogP contribution is -2.27. The summed E-state index contributed by atoms with van der Waals surface area (Å²) in [5.74, 6) is -0.804. The largest absolute Gasteiger partial charge is 0.486 e.